The van der Waals surface area contributed by atoms with E-state index in [9.17, 15) is 0 Å². The molecule has 12 rings (SSSR count). The Balaban J connectivity index is 1.08. The van der Waals surface area contributed by atoms with Crippen molar-refractivity contribution in [3.63, 3.8) is 0 Å². The summed E-state index contributed by atoms with van der Waals surface area (Å²) in [5.41, 5.74) is 15.5. The van der Waals surface area contributed by atoms with Crippen molar-refractivity contribution in [2.24, 2.45) is 23.7 Å². The summed E-state index contributed by atoms with van der Waals surface area (Å²) in [6.07, 6.45) is 8.47. The molecule has 3 bridgehead atoms. The average Bonchev–Trinajstić information content (AvgIpc) is 3.60. The van der Waals surface area contributed by atoms with E-state index in [1.807, 2.05) is 0 Å². The van der Waals surface area contributed by atoms with Crippen LogP contribution in [-0.2, 0) is 10.8 Å². The van der Waals surface area contributed by atoms with Gasteiger partial charge in [0.2, 0.25) is 0 Å². The van der Waals surface area contributed by atoms with Gasteiger partial charge in [-0.15, -0.1) is 0 Å². The molecule has 258 valence electrons. The highest BCUT2D eigenvalue weighted by atomic mass is 15.1. The van der Waals surface area contributed by atoms with E-state index < -0.39 is 0 Å². The predicted octanol–water partition coefficient (Wildman–Crippen LogP) is 13.9. The number of nitrogens with zero attached hydrogens (tertiary/aromatic N) is 1. The molecular weight excluding hydrogens is 639 g/mol. The van der Waals surface area contributed by atoms with Crippen LogP contribution in [0, 0.1) is 23.7 Å². The summed E-state index contributed by atoms with van der Waals surface area (Å²) >= 11 is 0. The van der Waals surface area contributed by atoms with Gasteiger partial charge >= 0.3 is 0 Å². The molecular formula is C52H45N. The summed E-state index contributed by atoms with van der Waals surface area (Å²) in [6.45, 7) is 4.80. The lowest BCUT2D eigenvalue weighted by Gasteiger charge is -2.57. The minimum atomic E-state index is -0.0710. The second-order valence-corrected chi connectivity index (χ2v) is 17.7. The predicted molar refractivity (Wildman–Crippen MR) is 222 cm³/mol. The first-order valence-corrected chi connectivity index (χ1v) is 20.2. The van der Waals surface area contributed by atoms with Crippen LogP contribution in [0.1, 0.15) is 74.6 Å². The van der Waals surface area contributed by atoms with E-state index in [2.05, 4.69) is 158 Å². The Morgan fingerprint density at radius 1 is 0.472 bits per heavy atom. The Labute approximate surface area is 313 Å². The summed E-state index contributed by atoms with van der Waals surface area (Å²) in [7, 11) is 0. The van der Waals surface area contributed by atoms with Crippen molar-refractivity contribution in [2.45, 2.75) is 63.2 Å². The van der Waals surface area contributed by atoms with Crippen LogP contribution >= 0.6 is 0 Å². The smallest absolute Gasteiger partial charge is 0.0468 e. The van der Waals surface area contributed by atoms with Gasteiger partial charge in [-0.25, -0.2) is 0 Å². The Hall–Kier alpha value is -5.14. The summed E-state index contributed by atoms with van der Waals surface area (Å²) in [4.78, 5) is 2.57. The summed E-state index contributed by atoms with van der Waals surface area (Å²) < 4.78 is 0. The van der Waals surface area contributed by atoms with E-state index in [0.29, 0.717) is 0 Å². The van der Waals surface area contributed by atoms with Crippen molar-refractivity contribution in [1.29, 1.82) is 0 Å². The highest BCUT2D eigenvalue weighted by Crippen LogP contribution is 2.66. The number of hydrogen-bond donors (Lipinski definition) is 0. The maximum Gasteiger partial charge on any atom is 0.0468 e. The van der Waals surface area contributed by atoms with Gasteiger partial charge in [-0.1, -0.05) is 123 Å². The van der Waals surface area contributed by atoms with Crippen LogP contribution in [0.5, 0.6) is 0 Å². The molecule has 7 aromatic rings. The zero-order valence-electron chi connectivity index (χ0n) is 30.8. The number of anilines is 3. The molecule has 0 saturated heterocycles. The van der Waals surface area contributed by atoms with Crippen molar-refractivity contribution in [2.75, 3.05) is 4.90 Å². The van der Waals surface area contributed by atoms with Crippen molar-refractivity contribution < 1.29 is 0 Å². The fraction of sp³-hybridized carbons (Fsp3) is 0.269. The first kappa shape index (κ1) is 30.3. The highest BCUT2D eigenvalue weighted by Gasteiger charge is 2.57. The van der Waals surface area contributed by atoms with Gasteiger partial charge < -0.3 is 4.90 Å². The molecule has 3 fully saturated rings. The van der Waals surface area contributed by atoms with Gasteiger partial charge in [-0.2, -0.15) is 0 Å². The lowest BCUT2D eigenvalue weighted by molar-refractivity contribution is -0.0103. The van der Waals surface area contributed by atoms with Gasteiger partial charge in [0.15, 0.2) is 0 Å². The molecule has 0 N–H and O–H groups in total. The van der Waals surface area contributed by atoms with Crippen LogP contribution < -0.4 is 4.90 Å². The highest BCUT2D eigenvalue weighted by molar-refractivity contribution is 6.08. The van der Waals surface area contributed by atoms with Gasteiger partial charge in [0.25, 0.3) is 0 Å². The summed E-state index contributed by atoms with van der Waals surface area (Å²) in [6, 6.07) is 53.9. The monoisotopic (exact) mass is 683 g/mol. The molecule has 0 aromatic heterocycles. The lowest BCUT2D eigenvalue weighted by Crippen LogP contribution is -2.50. The van der Waals surface area contributed by atoms with E-state index in [0.717, 1.165) is 23.7 Å². The van der Waals surface area contributed by atoms with Crippen molar-refractivity contribution in [3.05, 3.63) is 162 Å². The minimum Gasteiger partial charge on any atom is -0.310 e. The molecule has 5 aliphatic rings. The molecule has 5 atom stereocenters. The van der Waals surface area contributed by atoms with Gasteiger partial charge in [0.1, 0.15) is 0 Å². The van der Waals surface area contributed by atoms with Crippen LogP contribution in [0.2, 0.25) is 0 Å². The molecule has 0 radical (unpaired) electrons. The third kappa shape index (κ3) is 4.09. The number of benzene rings is 7. The first-order chi connectivity index (χ1) is 26.0. The van der Waals surface area contributed by atoms with E-state index >= 15 is 0 Å². The molecule has 1 heteroatoms. The molecule has 3 saturated carbocycles. The summed E-state index contributed by atoms with van der Waals surface area (Å²) in [5.74, 6) is 3.41. The lowest BCUT2D eigenvalue weighted by atomic mass is 9.47. The molecule has 1 spiro atoms. The van der Waals surface area contributed by atoms with E-state index in [4.69, 9.17) is 0 Å². The molecule has 7 aromatic carbocycles. The van der Waals surface area contributed by atoms with Gasteiger partial charge in [0.05, 0.1) is 0 Å². The molecule has 5 unspecified atom stereocenters. The standard InChI is InChI=1S/C52H45N/c1-51(2)47-13-7-5-11-43(47)45-23-20-39(29-49(45)51)53(38-19-22-42-34(28-38)18-17-33-9-3-4-10-41(33)42)40-21-24-46-44-12-6-8-14-48(44)52(50(46)30-40)31-35-16-15-32-25-36(35)27-37(52)26-32/h3-14,17-24,28-30,32,35-37H,15-16,25-27,31H2,1-2H3. The van der Waals surface area contributed by atoms with Gasteiger partial charge in [0, 0.05) is 27.9 Å². The SMILES string of the molecule is CC1(C)c2ccccc2-c2ccc(N(c3ccc4c(c3)C3(CC5CCC6CC5CC3C6)c3ccccc3-4)c3ccc4c(ccc5ccccc54)c3)cc21. The maximum absolute atomic E-state index is 2.65. The van der Waals surface area contributed by atoms with Crippen LogP contribution in [0.15, 0.2) is 140 Å². The minimum absolute atomic E-state index is 0.0710. The first-order valence-electron chi connectivity index (χ1n) is 20.2. The molecule has 0 aliphatic heterocycles. The normalized spacial score (nSPS) is 25.3. The van der Waals surface area contributed by atoms with Crippen LogP contribution in [-0.4, -0.2) is 0 Å². The summed E-state index contributed by atoms with van der Waals surface area (Å²) in [5, 5.41) is 5.20. The Bertz CT molecular complexity index is 2660. The van der Waals surface area contributed by atoms with Gasteiger partial charge in [-0.05, 0) is 158 Å². The molecule has 5 aliphatic carbocycles. The molecule has 53 heavy (non-hydrogen) atoms. The second-order valence-electron chi connectivity index (χ2n) is 17.7. The second kappa shape index (κ2) is 10.7. The molecule has 0 amide bonds. The van der Waals surface area contributed by atoms with E-state index in [1.54, 1.807) is 11.1 Å². The van der Waals surface area contributed by atoms with Crippen molar-refractivity contribution in [3.8, 4) is 22.3 Å². The van der Waals surface area contributed by atoms with Gasteiger partial charge in [-0.3, -0.25) is 0 Å². The fourth-order valence-corrected chi connectivity index (χ4v) is 12.6. The number of hydrogen-bond acceptors (Lipinski definition) is 1. The maximum atomic E-state index is 2.65. The zero-order chi connectivity index (χ0) is 35.1. The van der Waals surface area contributed by atoms with E-state index in [-0.39, 0.29) is 10.8 Å². The molecule has 0 heterocycles. The number of fused-ring (bicyclic) bond motifs is 14. The Morgan fingerprint density at radius 3 is 1.94 bits per heavy atom. The fourth-order valence-electron chi connectivity index (χ4n) is 12.6. The number of rotatable bonds is 3. The van der Waals surface area contributed by atoms with Crippen LogP contribution in [0.25, 0.3) is 43.8 Å². The van der Waals surface area contributed by atoms with Crippen molar-refractivity contribution in [1.82, 2.24) is 0 Å². The topological polar surface area (TPSA) is 3.24 Å². The Morgan fingerprint density at radius 2 is 1.09 bits per heavy atom. The third-order valence-corrected chi connectivity index (χ3v) is 15.0. The average molecular weight is 684 g/mol. The van der Waals surface area contributed by atoms with Crippen LogP contribution in [0.4, 0.5) is 17.1 Å². The van der Waals surface area contributed by atoms with E-state index in [1.165, 1.54) is 111 Å². The Kier molecular flexibility index (Phi) is 6.14. The quantitative estimate of drug-likeness (QED) is 0.168. The molecule has 1 nitrogen and oxygen atoms in total. The zero-order valence-corrected chi connectivity index (χ0v) is 30.8. The van der Waals surface area contributed by atoms with Crippen molar-refractivity contribution >= 4 is 38.6 Å². The third-order valence-electron chi connectivity index (χ3n) is 15.0. The van der Waals surface area contributed by atoms with Crippen LogP contribution in [0.3, 0.4) is 0 Å². The largest absolute Gasteiger partial charge is 0.310 e.